The van der Waals surface area contributed by atoms with Gasteiger partial charge in [0, 0.05) is 41.7 Å². The standard InChI is InChI=1S/C15H22BrClN2.2ClH/c1-2-3-4-15(19-9-7-18-8-10-19)13-11-12(17)5-6-14(13)16;;/h5-6,11,15,18H,2-4,7-10H2,1H3;2*1H/t15-;;/m1../s1. The Morgan fingerprint density at radius 2 is 1.95 bits per heavy atom. The summed E-state index contributed by atoms with van der Waals surface area (Å²) in [5.41, 5.74) is 1.34. The fourth-order valence-corrected chi connectivity index (χ4v) is 3.39. The van der Waals surface area contributed by atoms with Crippen LogP contribution in [0.25, 0.3) is 0 Å². The summed E-state index contributed by atoms with van der Waals surface area (Å²) in [5.74, 6) is 0. The van der Waals surface area contributed by atoms with Gasteiger partial charge in [-0.1, -0.05) is 47.3 Å². The molecule has 0 aliphatic carbocycles. The van der Waals surface area contributed by atoms with Crippen molar-refractivity contribution in [2.24, 2.45) is 0 Å². The van der Waals surface area contributed by atoms with Crippen LogP contribution in [-0.4, -0.2) is 31.1 Å². The molecule has 1 saturated heterocycles. The summed E-state index contributed by atoms with van der Waals surface area (Å²) in [7, 11) is 0. The van der Waals surface area contributed by atoms with Gasteiger partial charge < -0.3 is 5.32 Å². The van der Waals surface area contributed by atoms with Crippen molar-refractivity contribution < 1.29 is 0 Å². The molecule has 0 unspecified atom stereocenters. The van der Waals surface area contributed by atoms with Crippen LogP contribution < -0.4 is 5.32 Å². The number of piperazine rings is 1. The van der Waals surface area contributed by atoms with E-state index in [0.29, 0.717) is 6.04 Å². The predicted molar refractivity (Wildman–Crippen MR) is 100 cm³/mol. The first kappa shape index (κ1) is 21.5. The van der Waals surface area contributed by atoms with Gasteiger partial charge >= 0.3 is 0 Å². The lowest BCUT2D eigenvalue weighted by atomic mass is 9.99. The maximum absolute atomic E-state index is 6.18. The minimum absolute atomic E-state index is 0. The Kier molecular flexibility index (Phi) is 11.4. The molecule has 0 saturated carbocycles. The fraction of sp³-hybridized carbons (Fsp3) is 0.600. The molecule has 1 fully saturated rings. The third kappa shape index (κ3) is 6.25. The van der Waals surface area contributed by atoms with Gasteiger partial charge in [0.2, 0.25) is 0 Å². The van der Waals surface area contributed by atoms with Crippen molar-refractivity contribution in [2.45, 2.75) is 32.2 Å². The molecule has 6 heteroatoms. The van der Waals surface area contributed by atoms with Crippen molar-refractivity contribution in [3.8, 4) is 0 Å². The predicted octanol–water partition coefficient (Wildman–Crippen LogP) is 5.08. The topological polar surface area (TPSA) is 15.3 Å². The Balaban J connectivity index is 0.00000200. The highest BCUT2D eigenvalue weighted by Crippen LogP contribution is 2.33. The second-order valence-electron chi connectivity index (χ2n) is 5.11. The Hall–Kier alpha value is 0.490. The van der Waals surface area contributed by atoms with E-state index >= 15 is 0 Å². The number of unbranched alkanes of at least 4 members (excludes halogenated alkanes) is 1. The normalized spacial score (nSPS) is 16.7. The van der Waals surface area contributed by atoms with E-state index in [2.05, 4.69) is 45.2 Å². The van der Waals surface area contributed by atoms with E-state index in [9.17, 15) is 0 Å². The molecule has 0 amide bonds. The number of nitrogens with zero attached hydrogens (tertiary/aromatic N) is 1. The van der Waals surface area contributed by atoms with Crippen LogP contribution in [0, 0.1) is 0 Å². The molecule has 1 atom stereocenters. The van der Waals surface area contributed by atoms with Gasteiger partial charge in [-0.25, -0.2) is 0 Å². The van der Waals surface area contributed by atoms with Gasteiger partial charge in [0.1, 0.15) is 0 Å². The number of hydrogen-bond acceptors (Lipinski definition) is 2. The summed E-state index contributed by atoms with van der Waals surface area (Å²) in [6.45, 7) is 6.66. The van der Waals surface area contributed by atoms with Crippen molar-refractivity contribution in [1.29, 1.82) is 0 Å². The highest BCUT2D eigenvalue weighted by molar-refractivity contribution is 9.10. The lowest BCUT2D eigenvalue weighted by Gasteiger charge is -2.36. The Bertz CT molecular complexity index is 412. The van der Waals surface area contributed by atoms with Crippen molar-refractivity contribution in [3.63, 3.8) is 0 Å². The number of hydrogen-bond donors (Lipinski definition) is 1. The zero-order valence-corrected chi connectivity index (χ0v) is 16.3. The van der Waals surface area contributed by atoms with Crippen molar-refractivity contribution in [3.05, 3.63) is 33.3 Å². The molecule has 2 nitrogen and oxygen atoms in total. The number of nitrogens with one attached hydrogen (secondary N) is 1. The molecule has 1 aromatic carbocycles. The van der Waals surface area contributed by atoms with Crippen LogP contribution in [-0.2, 0) is 0 Å². The minimum Gasteiger partial charge on any atom is -0.314 e. The second kappa shape index (κ2) is 11.1. The Morgan fingerprint density at radius 1 is 1.29 bits per heavy atom. The fourth-order valence-electron chi connectivity index (χ4n) is 2.70. The van der Waals surface area contributed by atoms with E-state index in [0.717, 1.165) is 31.2 Å². The molecular formula is C15H24BrCl3N2. The van der Waals surface area contributed by atoms with E-state index in [1.165, 1.54) is 29.3 Å². The van der Waals surface area contributed by atoms with Crippen LogP contribution in [0.15, 0.2) is 22.7 Å². The molecule has 0 bridgehead atoms. The third-order valence-corrected chi connectivity index (χ3v) is 4.70. The Morgan fingerprint density at radius 3 is 2.57 bits per heavy atom. The van der Waals surface area contributed by atoms with Crippen LogP contribution in [0.5, 0.6) is 0 Å². The molecule has 0 aromatic heterocycles. The molecule has 21 heavy (non-hydrogen) atoms. The monoisotopic (exact) mass is 416 g/mol. The first-order chi connectivity index (χ1) is 9.22. The van der Waals surface area contributed by atoms with Gasteiger partial charge in [-0.15, -0.1) is 24.8 Å². The molecule has 1 aliphatic heterocycles. The third-order valence-electron chi connectivity index (χ3n) is 3.74. The lowest BCUT2D eigenvalue weighted by Crippen LogP contribution is -2.45. The molecule has 1 N–H and O–H groups in total. The molecule has 1 heterocycles. The summed E-state index contributed by atoms with van der Waals surface area (Å²) in [6.07, 6.45) is 3.70. The molecule has 122 valence electrons. The van der Waals surface area contributed by atoms with Crippen LogP contribution in [0.2, 0.25) is 5.02 Å². The highest BCUT2D eigenvalue weighted by Gasteiger charge is 2.23. The number of halogens is 4. The average molecular weight is 419 g/mol. The average Bonchev–Trinajstić information content (AvgIpc) is 2.44. The van der Waals surface area contributed by atoms with Crippen molar-refractivity contribution >= 4 is 52.3 Å². The summed E-state index contributed by atoms with van der Waals surface area (Å²) >= 11 is 9.87. The molecular weight excluding hydrogens is 394 g/mol. The highest BCUT2D eigenvalue weighted by atomic mass is 79.9. The van der Waals surface area contributed by atoms with Gasteiger partial charge in [-0.05, 0) is 30.2 Å². The maximum Gasteiger partial charge on any atom is 0.0410 e. The largest absolute Gasteiger partial charge is 0.314 e. The minimum atomic E-state index is 0. The van der Waals surface area contributed by atoms with E-state index in [4.69, 9.17) is 11.6 Å². The number of rotatable bonds is 5. The molecule has 1 aromatic rings. The quantitative estimate of drug-likeness (QED) is 0.717. The molecule has 0 spiro atoms. The summed E-state index contributed by atoms with van der Waals surface area (Å²) in [4.78, 5) is 2.59. The van der Waals surface area contributed by atoms with Crippen molar-refractivity contribution in [2.75, 3.05) is 26.2 Å². The smallest absolute Gasteiger partial charge is 0.0410 e. The summed E-state index contributed by atoms with van der Waals surface area (Å²) in [5, 5.41) is 4.25. The molecule has 0 radical (unpaired) electrons. The van der Waals surface area contributed by atoms with Crippen LogP contribution in [0.1, 0.15) is 37.8 Å². The second-order valence-corrected chi connectivity index (χ2v) is 6.40. The van der Waals surface area contributed by atoms with Gasteiger partial charge in [-0.3, -0.25) is 4.90 Å². The van der Waals surface area contributed by atoms with Gasteiger partial charge in [0.25, 0.3) is 0 Å². The van der Waals surface area contributed by atoms with E-state index in [-0.39, 0.29) is 24.8 Å². The maximum atomic E-state index is 6.18. The summed E-state index contributed by atoms with van der Waals surface area (Å²) < 4.78 is 1.18. The zero-order valence-electron chi connectivity index (χ0n) is 12.3. The zero-order chi connectivity index (χ0) is 13.7. The number of benzene rings is 1. The van der Waals surface area contributed by atoms with Gasteiger partial charge in [-0.2, -0.15) is 0 Å². The lowest BCUT2D eigenvalue weighted by molar-refractivity contribution is 0.162. The summed E-state index contributed by atoms with van der Waals surface area (Å²) in [6, 6.07) is 6.62. The van der Waals surface area contributed by atoms with E-state index in [1.54, 1.807) is 0 Å². The first-order valence-corrected chi connectivity index (χ1v) is 8.29. The van der Waals surface area contributed by atoms with E-state index in [1.807, 2.05) is 6.07 Å². The van der Waals surface area contributed by atoms with Crippen LogP contribution in [0.3, 0.4) is 0 Å². The van der Waals surface area contributed by atoms with E-state index < -0.39 is 0 Å². The Labute approximate surface area is 153 Å². The SMILES string of the molecule is CCCC[C@H](c1cc(Cl)ccc1Br)N1CCNCC1.Cl.Cl. The molecule has 1 aliphatic rings. The van der Waals surface area contributed by atoms with Crippen LogP contribution in [0.4, 0.5) is 0 Å². The van der Waals surface area contributed by atoms with Crippen molar-refractivity contribution in [1.82, 2.24) is 10.2 Å². The van der Waals surface area contributed by atoms with Gasteiger partial charge in [0.15, 0.2) is 0 Å². The van der Waals surface area contributed by atoms with Gasteiger partial charge in [0.05, 0.1) is 0 Å². The van der Waals surface area contributed by atoms with Crippen LogP contribution >= 0.6 is 52.3 Å². The first-order valence-electron chi connectivity index (χ1n) is 7.12. The molecule has 2 rings (SSSR count).